The highest BCUT2D eigenvalue weighted by Crippen LogP contribution is 2.36. The van der Waals surface area contributed by atoms with Crippen molar-refractivity contribution in [1.82, 2.24) is 24.8 Å². The number of carbonyl (C=O) groups excluding carboxylic acids is 1. The summed E-state index contributed by atoms with van der Waals surface area (Å²) in [5.74, 6) is -0.129. The fourth-order valence-electron chi connectivity index (χ4n) is 3.94. The zero-order chi connectivity index (χ0) is 18.5. The molecule has 0 aliphatic heterocycles. The molecule has 26 heavy (non-hydrogen) atoms. The van der Waals surface area contributed by atoms with Crippen LogP contribution in [-0.4, -0.2) is 37.6 Å². The van der Waals surface area contributed by atoms with E-state index in [1.54, 1.807) is 6.20 Å². The largest absolute Gasteiger partial charge is 0.397 e. The van der Waals surface area contributed by atoms with Gasteiger partial charge in [0.1, 0.15) is 23.4 Å². The molecule has 3 aromatic rings. The Morgan fingerprint density at radius 2 is 2.23 bits per heavy atom. The summed E-state index contributed by atoms with van der Waals surface area (Å²) in [5, 5.41) is 3.48. The zero-order valence-corrected chi connectivity index (χ0v) is 14.1. The Labute approximate surface area is 146 Å². The highest BCUT2D eigenvalue weighted by atomic mass is 19.4. The number of imidazole rings is 1. The lowest BCUT2D eigenvalue weighted by molar-refractivity contribution is -0.154. The van der Waals surface area contributed by atoms with Crippen molar-refractivity contribution in [2.24, 2.45) is 0 Å². The van der Waals surface area contributed by atoms with Crippen LogP contribution in [0.2, 0.25) is 0 Å². The smallest absolute Gasteiger partial charge is 0.353 e. The number of carbonyl (C=O) groups is 1. The molecule has 6 nitrogen and oxygen atoms in total. The lowest BCUT2D eigenvalue weighted by Gasteiger charge is -2.17. The molecule has 0 unspecified atom stereocenters. The summed E-state index contributed by atoms with van der Waals surface area (Å²) < 4.78 is 39.2. The van der Waals surface area contributed by atoms with E-state index in [1.165, 1.54) is 0 Å². The Morgan fingerprint density at radius 1 is 1.42 bits per heavy atom. The molecule has 0 spiro atoms. The van der Waals surface area contributed by atoms with Crippen LogP contribution in [-0.2, 0) is 4.79 Å². The second kappa shape index (κ2) is 6.00. The number of hydrogen-bond donors (Lipinski definition) is 2. The summed E-state index contributed by atoms with van der Waals surface area (Å²) in [5.41, 5.74) is 2.53. The maximum absolute atomic E-state index is 12.3. The second-order valence-corrected chi connectivity index (χ2v) is 6.78. The van der Waals surface area contributed by atoms with Crippen LogP contribution in [0.4, 0.5) is 13.2 Å². The number of nitrogens with zero attached hydrogens (tertiary/aromatic N) is 3. The van der Waals surface area contributed by atoms with E-state index < -0.39 is 18.5 Å². The minimum Gasteiger partial charge on any atom is -0.353 e. The average molecular weight is 365 g/mol. The van der Waals surface area contributed by atoms with E-state index in [0.717, 1.165) is 34.3 Å². The number of amides is 1. The van der Waals surface area contributed by atoms with Gasteiger partial charge in [0.15, 0.2) is 0 Å². The SMILES string of the molecule is Cc1nc2cnc3[nH]ccc3c2n1[C@@H]1CC[C@@H](NC(=O)CC(F)(F)F)C1. The van der Waals surface area contributed by atoms with Crippen LogP contribution < -0.4 is 5.32 Å². The van der Waals surface area contributed by atoms with E-state index in [4.69, 9.17) is 0 Å². The Morgan fingerprint density at radius 3 is 3.00 bits per heavy atom. The molecular weight excluding hydrogens is 347 g/mol. The van der Waals surface area contributed by atoms with Crippen LogP contribution >= 0.6 is 0 Å². The Hall–Kier alpha value is -2.58. The van der Waals surface area contributed by atoms with Crippen LogP contribution in [0.15, 0.2) is 18.5 Å². The van der Waals surface area contributed by atoms with E-state index >= 15 is 0 Å². The molecule has 4 rings (SSSR count). The van der Waals surface area contributed by atoms with Gasteiger partial charge in [-0.15, -0.1) is 0 Å². The molecule has 1 amide bonds. The Balaban J connectivity index is 1.58. The van der Waals surface area contributed by atoms with Crippen molar-refractivity contribution in [2.75, 3.05) is 0 Å². The van der Waals surface area contributed by atoms with Gasteiger partial charge < -0.3 is 14.9 Å². The number of aromatic amines is 1. The lowest BCUT2D eigenvalue weighted by atomic mass is 10.2. The van der Waals surface area contributed by atoms with Crippen LogP contribution in [0.3, 0.4) is 0 Å². The molecule has 1 fully saturated rings. The maximum Gasteiger partial charge on any atom is 0.397 e. The van der Waals surface area contributed by atoms with E-state index in [1.807, 2.05) is 19.2 Å². The van der Waals surface area contributed by atoms with Crippen LogP contribution in [0.5, 0.6) is 0 Å². The molecule has 2 atom stereocenters. The van der Waals surface area contributed by atoms with E-state index in [9.17, 15) is 18.0 Å². The summed E-state index contributed by atoms with van der Waals surface area (Å²) in [6, 6.07) is 1.77. The number of aromatic nitrogens is 4. The van der Waals surface area contributed by atoms with Crippen molar-refractivity contribution in [3.05, 3.63) is 24.3 Å². The third-order valence-electron chi connectivity index (χ3n) is 4.91. The predicted octanol–water partition coefficient (Wildman–Crippen LogP) is 3.38. The molecule has 0 saturated heterocycles. The normalized spacial score (nSPS) is 20.9. The number of nitrogens with one attached hydrogen (secondary N) is 2. The number of alkyl halides is 3. The average Bonchev–Trinajstić information content (AvgIpc) is 3.21. The van der Waals surface area contributed by atoms with Crippen molar-refractivity contribution in [2.45, 2.75) is 50.9 Å². The number of H-pyrrole nitrogens is 1. The number of fused-ring (bicyclic) bond motifs is 3. The van der Waals surface area contributed by atoms with E-state index in [0.29, 0.717) is 12.8 Å². The van der Waals surface area contributed by atoms with Gasteiger partial charge in [-0.2, -0.15) is 13.2 Å². The van der Waals surface area contributed by atoms with Crippen molar-refractivity contribution in [3.8, 4) is 0 Å². The number of aryl methyl sites for hydroxylation is 1. The fraction of sp³-hybridized carbons (Fsp3) is 0.471. The van der Waals surface area contributed by atoms with Gasteiger partial charge in [-0.3, -0.25) is 4.79 Å². The molecule has 0 aromatic carbocycles. The highest BCUT2D eigenvalue weighted by Gasteiger charge is 2.34. The maximum atomic E-state index is 12.3. The first-order chi connectivity index (χ1) is 12.3. The molecule has 3 aromatic heterocycles. The quantitative estimate of drug-likeness (QED) is 0.747. The molecular formula is C17H18F3N5O. The van der Waals surface area contributed by atoms with Crippen molar-refractivity contribution in [1.29, 1.82) is 0 Å². The molecule has 0 radical (unpaired) electrons. The van der Waals surface area contributed by atoms with Crippen LogP contribution in [0.1, 0.15) is 37.5 Å². The summed E-state index contributed by atoms with van der Waals surface area (Å²) in [6.07, 6.45) is -0.368. The predicted molar refractivity (Wildman–Crippen MR) is 89.6 cm³/mol. The minimum absolute atomic E-state index is 0.0803. The molecule has 3 heterocycles. The molecule has 2 N–H and O–H groups in total. The fourth-order valence-corrected chi connectivity index (χ4v) is 3.94. The number of hydrogen-bond acceptors (Lipinski definition) is 3. The van der Waals surface area contributed by atoms with Gasteiger partial charge in [-0.05, 0) is 32.3 Å². The first-order valence-corrected chi connectivity index (χ1v) is 8.48. The first-order valence-electron chi connectivity index (χ1n) is 8.48. The Kier molecular flexibility index (Phi) is 3.89. The van der Waals surface area contributed by atoms with Gasteiger partial charge >= 0.3 is 6.18 Å². The number of rotatable bonds is 3. The van der Waals surface area contributed by atoms with Gasteiger partial charge in [-0.25, -0.2) is 9.97 Å². The van der Waals surface area contributed by atoms with Gasteiger partial charge in [0, 0.05) is 23.7 Å². The van der Waals surface area contributed by atoms with Gasteiger partial charge in [-0.1, -0.05) is 0 Å². The van der Waals surface area contributed by atoms with Crippen molar-refractivity contribution < 1.29 is 18.0 Å². The minimum atomic E-state index is -4.48. The van der Waals surface area contributed by atoms with Crippen molar-refractivity contribution in [3.63, 3.8) is 0 Å². The Bertz CT molecular complexity index is 974. The molecule has 1 aliphatic carbocycles. The van der Waals surface area contributed by atoms with Gasteiger partial charge in [0.2, 0.25) is 5.91 Å². The van der Waals surface area contributed by atoms with Gasteiger partial charge in [0.05, 0.1) is 11.7 Å². The standard InChI is InChI=1S/C17H18F3N5O/c1-9-23-13-8-22-16-12(4-5-21-16)15(13)25(9)11-3-2-10(6-11)24-14(26)7-17(18,19)20/h4-5,8,10-11H,2-3,6-7H2,1H3,(H,21,22)(H,24,26)/t10-,11-/m1/s1. The highest BCUT2D eigenvalue weighted by molar-refractivity contribution is 6.01. The monoisotopic (exact) mass is 365 g/mol. The molecule has 1 aliphatic rings. The summed E-state index contributed by atoms with van der Waals surface area (Å²) in [4.78, 5) is 23.6. The first kappa shape index (κ1) is 16.9. The van der Waals surface area contributed by atoms with E-state index in [2.05, 4.69) is 24.8 Å². The third kappa shape index (κ3) is 3.02. The lowest BCUT2D eigenvalue weighted by Crippen LogP contribution is -2.35. The summed E-state index contributed by atoms with van der Waals surface area (Å²) in [7, 11) is 0. The third-order valence-corrected chi connectivity index (χ3v) is 4.91. The molecule has 0 bridgehead atoms. The number of halogens is 3. The van der Waals surface area contributed by atoms with Gasteiger partial charge in [0.25, 0.3) is 0 Å². The molecule has 138 valence electrons. The van der Waals surface area contributed by atoms with E-state index in [-0.39, 0.29) is 12.1 Å². The number of pyridine rings is 1. The zero-order valence-electron chi connectivity index (χ0n) is 14.1. The summed E-state index contributed by atoms with van der Waals surface area (Å²) in [6.45, 7) is 1.91. The van der Waals surface area contributed by atoms with Crippen LogP contribution in [0, 0.1) is 6.92 Å². The van der Waals surface area contributed by atoms with Crippen molar-refractivity contribution >= 4 is 28.0 Å². The van der Waals surface area contributed by atoms with Crippen LogP contribution in [0.25, 0.3) is 22.1 Å². The molecule has 1 saturated carbocycles. The second-order valence-electron chi connectivity index (χ2n) is 6.78. The summed E-state index contributed by atoms with van der Waals surface area (Å²) >= 11 is 0. The topological polar surface area (TPSA) is 75.6 Å². The molecule has 9 heteroatoms.